The van der Waals surface area contributed by atoms with E-state index in [4.69, 9.17) is 5.11 Å². The fourth-order valence-electron chi connectivity index (χ4n) is 2.09. The van der Waals surface area contributed by atoms with E-state index in [9.17, 15) is 4.79 Å². The van der Waals surface area contributed by atoms with Crippen molar-refractivity contribution in [2.45, 2.75) is 33.1 Å². The Morgan fingerprint density at radius 2 is 2.24 bits per heavy atom. The van der Waals surface area contributed by atoms with Crippen LogP contribution in [0.2, 0.25) is 0 Å². The second-order valence-electron chi connectivity index (χ2n) is 4.06. The van der Waals surface area contributed by atoms with E-state index in [-0.39, 0.29) is 5.56 Å². The molecule has 0 fully saturated rings. The van der Waals surface area contributed by atoms with Crippen molar-refractivity contribution in [3.63, 3.8) is 0 Å². The molecule has 2 heterocycles. The van der Waals surface area contributed by atoms with E-state index in [2.05, 4.69) is 18.8 Å². The predicted octanol–water partition coefficient (Wildman–Crippen LogP) is 2.55. The average molecular weight is 232 g/mol. The third-order valence-electron chi connectivity index (χ3n) is 2.88. The first-order valence-corrected chi connectivity index (χ1v) is 5.90. The molecule has 0 aliphatic carbocycles. The lowest BCUT2D eigenvalue weighted by Crippen LogP contribution is -1.99. The summed E-state index contributed by atoms with van der Waals surface area (Å²) >= 11 is 0. The molecule has 17 heavy (non-hydrogen) atoms. The first-order valence-electron chi connectivity index (χ1n) is 5.90. The van der Waals surface area contributed by atoms with Crippen LogP contribution in [0.25, 0.3) is 5.65 Å². The van der Waals surface area contributed by atoms with Gasteiger partial charge in [0.25, 0.3) is 0 Å². The van der Waals surface area contributed by atoms with E-state index < -0.39 is 5.97 Å². The molecule has 0 unspecified atom stereocenters. The molecule has 0 radical (unpaired) electrons. The number of carboxylic acid groups (broad SMARTS) is 1. The maximum absolute atomic E-state index is 10.9. The zero-order valence-corrected chi connectivity index (χ0v) is 10.1. The van der Waals surface area contributed by atoms with Gasteiger partial charge in [-0.3, -0.25) is 0 Å². The van der Waals surface area contributed by atoms with E-state index in [1.807, 2.05) is 4.40 Å². The van der Waals surface area contributed by atoms with Gasteiger partial charge in [0, 0.05) is 11.9 Å². The molecule has 0 amide bonds. The molecule has 0 saturated heterocycles. The molecule has 0 saturated carbocycles. The SMILES string of the molecule is CCCc1nc2cc(C(=O)O)ccn2c1CC. The van der Waals surface area contributed by atoms with E-state index in [0.717, 1.165) is 30.6 Å². The van der Waals surface area contributed by atoms with Gasteiger partial charge in [0.05, 0.1) is 11.3 Å². The van der Waals surface area contributed by atoms with Crippen LogP contribution in [0.5, 0.6) is 0 Å². The number of pyridine rings is 1. The molecule has 0 aliphatic rings. The van der Waals surface area contributed by atoms with Crippen LogP contribution in [-0.2, 0) is 12.8 Å². The van der Waals surface area contributed by atoms with Crippen LogP contribution in [0, 0.1) is 0 Å². The Morgan fingerprint density at radius 3 is 2.82 bits per heavy atom. The molecule has 0 spiro atoms. The highest BCUT2D eigenvalue weighted by molar-refractivity contribution is 5.88. The van der Waals surface area contributed by atoms with Crippen molar-refractivity contribution in [1.29, 1.82) is 0 Å². The van der Waals surface area contributed by atoms with Crippen LogP contribution in [0.3, 0.4) is 0 Å². The molecule has 0 aliphatic heterocycles. The van der Waals surface area contributed by atoms with Crippen molar-refractivity contribution in [2.24, 2.45) is 0 Å². The number of carboxylic acids is 1. The van der Waals surface area contributed by atoms with Crippen molar-refractivity contribution < 1.29 is 9.90 Å². The molecule has 0 bridgehead atoms. The maximum Gasteiger partial charge on any atom is 0.335 e. The van der Waals surface area contributed by atoms with Crippen LogP contribution < -0.4 is 0 Å². The Kier molecular flexibility index (Phi) is 3.13. The van der Waals surface area contributed by atoms with E-state index >= 15 is 0 Å². The molecule has 1 N–H and O–H groups in total. The molecular formula is C13H16N2O2. The third-order valence-corrected chi connectivity index (χ3v) is 2.88. The van der Waals surface area contributed by atoms with Crippen LogP contribution >= 0.6 is 0 Å². The van der Waals surface area contributed by atoms with Crippen LogP contribution in [0.4, 0.5) is 0 Å². The van der Waals surface area contributed by atoms with Gasteiger partial charge in [0.2, 0.25) is 0 Å². The van der Waals surface area contributed by atoms with E-state index in [0.29, 0.717) is 0 Å². The number of aryl methyl sites for hydroxylation is 2. The summed E-state index contributed by atoms with van der Waals surface area (Å²) in [6.07, 6.45) is 4.68. The van der Waals surface area contributed by atoms with Crippen LogP contribution in [0.15, 0.2) is 18.3 Å². The molecule has 2 rings (SSSR count). The monoisotopic (exact) mass is 232 g/mol. The first kappa shape index (κ1) is 11.6. The van der Waals surface area contributed by atoms with Gasteiger partial charge >= 0.3 is 5.97 Å². The van der Waals surface area contributed by atoms with Gasteiger partial charge in [-0.05, 0) is 25.0 Å². The lowest BCUT2D eigenvalue weighted by Gasteiger charge is -2.01. The average Bonchev–Trinajstić information content (AvgIpc) is 2.65. The second kappa shape index (κ2) is 4.57. The number of aromatic nitrogens is 2. The highest BCUT2D eigenvalue weighted by atomic mass is 16.4. The summed E-state index contributed by atoms with van der Waals surface area (Å²) in [6.45, 7) is 4.21. The minimum atomic E-state index is -0.911. The molecule has 2 aromatic rings. The number of hydrogen-bond acceptors (Lipinski definition) is 2. The van der Waals surface area contributed by atoms with Gasteiger partial charge in [-0.1, -0.05) is 20.3 Å². The van der Waals surface area contributed by atoms with Gasteiger partial charge in [0.15, 0.2) is 0 Å². The molecule has 0 aromatic carbocycles. The standard InChI is InChI=1S/C13H16N2O2/c1-3-5-10-11(4-2)15-7-6-9(13(16)17)8-12(15)14-10/h6-8H,3-5H2,1-2H3,(H,16,17). The number of hydrogen-bond donors (Lipinski definition) is 1. The lowest BCUT2D eigenvalue weighted by atomic mass is 10.2. The quantitative estimate of drug-likeness (QED) is 0.881. The Balaban J connectivity index is 2.60. The summed E-state index contributed by atoms with van der Waals surface area (Å²) in [7, 11) is 0. The minimum Gasteiger partial charge on any atom is -0.478 e. The minimum absolute atomic E-state index is 0.285. The zero-order chi connectivity index (χ0) is 12.4. The molecule has 0 atom stereocenters. The molecule has 90 valence electrons. The number of imidazole rings is 1. The van der Waals surface area contributed by atoms with E-state index in [1.165, 1.54) is 5.69 Å². The van der Waals surface area contributed by atoms with Gasteiger partial charge in [-0.25, -0.2) is 9.78 Å². The summed E-state index contributed by atoms with van der Waals surface area (Å²) in [6, 6.07) is 3.24. The van der Waals surface area contributed by atoms with Gasteiger partial charge in [-0.15, -0.1) is 0 Å². The molecular weight excluding hydrogens is 216 g/mol. The lowest BCUT2D eigenvalue weighted by molar-refractivity contribution is 0.0697. The Hall–Kier alpha value is -1.84. The largest absolute Gasteiger partial charge is 0.478 e. The van der Waals surface area contributed by atoms with Crippen LogP contribution in [-0.4, -0.2) is 20.5 Å². The van der Waals surface area contributed by atoms with E-state index in [1.54, 1.807) is 18.3 Å². The Morgan fingerprint density at radius 1 is 1.47 bits per heavy atom. The molecule has 4 heteroatoms. The Bertz CT molecular complexity index is 558. The normalized spacial score (nSPS) is 10.9. The topological polar surface area (TPSA) is 54.6 Å². The summed E-state index contributed by atoms with van der Waals surface area (Å²) < 4.78 is 1.98. The number of carbonyl (C=O) groups is 1. The smallest absolute Gasteiger partial charge is 0.335 e. The Labute approximate surface area is 99.9 Å². The van der Waals surface area contributed by atoms with Gasteiger partial charge < -0.3 is 9.51 Å². The highest BCUT2D eigenvalue weighted by Gasteiger charge is 2.11. The number of aromatic carboxylic acids is 1. The third kappa shape index (κ3) is 2.02. The van der Waals surface area contributed by atoms with Crippen molar-refractivity contribution in [3.05, 3.63) is 35.3 Å². The fraction of sp³-hybridized carbons (Fsp3) is 0.385. The van der Waals surface area contributed by atoms with Crippen molar-refractivity contribution >= 4 is 11.6 Å². The first-order chi connectivity index (χ1) is 8.17. The van der Waals surface area contributed by atoms with Crippen molar-refractivity contribution in [3.8, 4) is 0 Å². The van der Waals surface area contributed by atoms with Gasteiger partial charge in [0.1, 0.15) is 5.65 Å². The summed E-state index contributed by atoms with van der Waals surface area (Å²) in [4.78, 5) is 15.4. The summed E-state index contributed by atoms with van der Waals surface area (Å²) in [5, 5.41) is 8.94. The fourth-order valence-corrected chi connectivity index (χ4v) is 2.09. The predicted molar refractivity (Wildman–Crippen MR) is 65.5 cm³/mol. The summed E-state index contributed by atoms with van der Waals surface area (Å²) in [5.74, 6) is -0.911. The van der Waals surface area contributed by atoms with Gasteiger partial charge in [-0.2, -0.15) is 0 Å². The number of nitrogens with zero attached hydrogens (tertiary/aromatic N) is 2. The summed E-state index contributed by atoms with van der Waals surface area (Å²) in [5.41, 5.74) is 3.27. The second-order valence-corrected chi connectivity index (χ2v) is 4.06. The number of rotatable bonds is 4. The number of fused-ring (bicyclic) bond motifs is 1. The maximum atomic E-state index is 10.9. The highest BCUT2D eigenvalue weighted by Crippen LogP contribution is 2.16. The molecule has 4 nitrogen and oxygen atoms in total. The van der Waals surface area contributed by atoms with Crippen molar-refractivity contribution in [2.75, 3.05) is 0 Å². The van der Waals surface area contributed by atoms with Crippen LogP contribution in [0.1, 0.15) is 42.0 Å². The zero-order valence-electron chi connectivity index (χ0n) is 10.1. The molecule has 2 aromatic heterocycles. The van der Waals surface area contributed by atoms with Crippen molar-refractivity contribution in [1.82, 2.24) is 9.38 Å².